The van der Waals surface area contributed by atoms with Gasteiger partial charge >= 0.3 is 0 Å². The average Bonchev–Trinajstić information content (AvgIpc) is 3.43. The monoisotopic (exact) mass is 566 g/mol. The molecule has 8 nitrogen and oxygen atoms in total. The second-order valence-electron chi connectivity index (χ2n) is 9.78. The molecule has 2 aromatic carbocycles. The number of thiophene rings is 1. The summed E-state index contributed by atoms with van der Waals surface area (Å²) in [6, 6.07) is 14.3. The van der Waals surface area contributed by atoms with Crippen molar-refractivity contribution in [3.63, 3.8) is 0 Å². The second kappa shape index (κ2) is 12.2. The number of carbonyl (C=O) groups is 2. The fourth-order valence-corrected chi connectivity index (χ4v) is 6.73. The van der Waals surface area contributed by atoms with E-state index in [1.165, 1.54) is 4.31 Å². The highest BCUT2D eigenvalue weighted by molar-refractivity contribution is 7.89. The van der Waals surface area contributed by atoms with Crippen LogP contribution in [0.3, 0.4) is 0 Å². The van der Waals surface area contributed by atoms with Gasteiger partial charge in [-0.2, -0.15) is 9.41 Å². The number of aryl methyl sites for hydroxylation is 3. The molecule has 1 aliphatic rings. The van der Waals surface area contributed by atoms with E-state index in [-0.39, 0.29) is 35.7 Å². The van der Waals surface area contributed by atoms with Crippen LogP contribution in [0.4, 0.5) is 5.69 Å². The summed E-state index contributed by atoms with van der Waals surface area (Å²) in [7, 11) is -3.59. The van der Waals surface area contributed by atoms with Crippen LogP contribution in [-0.2, 0) is 21.2 Å². The first kappa shape index (κ1) is 28.7. The van der Waals surface area contributed by atoms with E-state index in [1.54, 1.807) is 42.5 Å². The number of nitrogens with one attached hydrogen (secondary N) is 2. The van der Waals surface area contributed by atoms with Crippen LogP contribution in [0.5, 0.6) is 0 Å². The standard InChI is InChI=1S/C29H34N4O4S2/c1-5-26-17-24(18-38-26)28(34)30-25-9-7-22(8-10-25)21(4)31-32-29(35)23-12-14-33(15-13-23)39(36,37)27-11-6-19(2)20(3)16-27/h6-11,16-18,23H,5,12-15H2,1-4H3,(H,30,34)(H,32,35). The van der Waals surface area contributed by atoms with Crippen molar-refractivity contribution in [1.29, 1.82) is 0 Å². The van der Waals surface area contributed by atoms with E-state index in [9.17, 15) is 18.0 Å². The zero-order valence-corrected chi connectivity index (χ0v) is 24.3. The minimum Gasteiger partial charge on any atom is -0.322 e. The number of benzene rings is 2. The lowest BCUT2D eigenvalue weighted by molar-refractivity contribution is -0.126. The number of sulfonamides is 1. The van der Waals surface area contributed by atoms with E-state index < -0.39 is 10.0 Å². The van der Waals surface area contributed by atoms with Gasteiger partial charge in [0, 0.05) is 35.0 Å². The Hall–Kier alpha value is -3.34. The van der Waals surface area contributed by atoms with Gasteiger partial charge in [-0.15, -0.1) is 11.3 Å². The molecule has 0 spiro atoms. The lowest BCUT2D eigenvalue weighted by atomic mass is 9.98. The van der Waals surface area contributed by atoms with E-state index >= 15 is 0 Å². The zero-order valence-electron chi connectivity index (χ0n) is 22.7. The summed E-state index contributed by atoms with van der Waals surface area (Å²) in [5.41, 5.74) is 7.37. The van der Waals surface area contributed by atoms with Gasteiger partial charge in [-0.05, 0) is 87.1 Å². The summed E-state index contributed by atoms with van der Waals surface area (Å²) in [4.78, 5) is 26.6. The van der Waals surface area contributed by atoms with Gasteiger partial charge in [0.15, 0.2) is 0 Å². The van der Waals surface area contributed by atoms with Gasteiger partial charge in [0.05, 0.1) is 16.2 Å². The van der Waals surface area contributed by atoms with E-state index in [4.69, 9.17) is 0 Å². The molecule has 2 heterocycles. The highest BCUT2D eigenvalue weighted by Gasteiger charge is 2.32. The second-order valence-corrected chi connectivity index (χ2v) is 12.7. The molecule has 3 aromatic rings. The molecule has 206 valence electrons. The number of piperidine rings is 1. The average molecular weight is 567 g/mol. The lowest BCUT2D eigenvalue weighted by Crippen LogP contribution is -2.42. The van der Waals surface area contributed by atoms with Gasteiger partial charge in [-0.25, -0.2) is 13.8 Å². The van der Waals surface area contributed by atoms with Crippen molar-refractivity contribution in [2.45, 2.75) is 51.9 Å². The Bertz CT molecular complexity index is 1490. The maximum atomic E-state index is 13.0. The number of hydrogen-bond donors (Lipinski definition) is 2. The molecule has 0 radical (unpaired) electrons. The largest absolute Gasteiger partial charge is 0.322 e. The predicted octanol–water partition coefficient (Wildman–Crippen LogP) is 5.12. The first-order valence-electron chi connectivity index (χ1n) is 13.0. The number of amides is 2. The van der Waals surface area contributed by atoms with Crippen LogP contribution in [0, 0.1) is 19.8 Å². The smallest absolute Gasteiger partial charge is 0.256 e. The molecule has 4 rings (SSSR count). The van der Waals surface area contributed by atoms with Gasteiger partial charge in [0.2, 0.25) is 15.9 Å². The molecule has 1 aliphatic heterocycles. The maximum Gasteiger partial charge on any atom is 0.256 e. The van der Waals surface area contributed by atoms with Gasteiger partial charge in [0.1, 0.15) is 0 Å². The minimum absolute atomic E-state index is 0.149. The Balaban J connectivity index is 1.29. The van der Waals surface area contributed by atoms with Crippen LogP contribution in [0.25, 0.3) is 0 Å². The summed E-state index contributed by atoms with van der Waals surface area (Å²) in [6.07, 6.45) is 1.77. The molecule has 1 saturated heterocycles. The highest BCUT2D eigenvalue weighted by atomic mass is 32.2. The number of nitrogens with zero attached hydrogens (tertiary/aromatic N) is 2. The molecule has 1 aromatic heterocycles. The molecular weight excluding hydrogens is 532 g/mol. The van der Waals surface area contributed by atoms with Crippen LogP contribution < -0.4 is 10.7 Å². The molecule has 10 heteroatoms. The summed E-state index contributed by atoms with van der Waals surface area (Å²) in [6.45, 7) is 8.27. The van der Waals surface area contributed by atoms with Crippen molar-refractivity contribution >= 4 is 44.6 Å². The SMILES string of the molecule is CCc1cc(C(=O)Nc2ccc(C(C)=NNC(=O)C3CCN(S(=O)(=O)c4ccc(C)c(C)c4)CC3)cc2)cs1. The highest BCUT2D eigenvalue weighted by Crippen LogP contribution is 2.25. The van der Waals surface area contributed by atoms with Crippen LogP contribution in [-0.4, -0.2) is 43.3 Å². The van der Waals surface area contributed by atoms with E-state index in [0.717, 1.165) is 28.0 Å². The molecule has 0 aliphatic carbocycles. The van der Waals surface area contributed by atoms with Gasteiger partial charge < -0.3 is 5.32 Å². The third-order valence-corrected chi connectivity index (χ3v) is 10.1. The molecular formula is C29H34N4O4S2. The first-order valence-corrected chi connectivity index (χ1v) is 15.3. The first-order chi connectivity index (χ1) is 18.6. The van der Waals surface area contributed by atoms with E-state index in [2.05, 4.69) is 22.8 Å². The number of rotatable bonds is 8. The van der Waals surface area contributed by atoms with Crippen LogP contribution in [0.15, 0.2) is 63.9 Å². The third-order valence-electron chi connectivity index (χ3n) is 7.10. The Morgan fingerprint density at radius 1 is 1.00 bits per heavy atom. The minimum atomic E-state index is -3.59. The number of anilines is 1. The van der Waals surface area contributed by atoms with Gasteiger partial charge in [0.25, 0.3) is 5.91 Å². The topological polar surface area (TPSA) is 108 Å². The molecule has 2 amide bonds. The van der Waals surface area contributed by atoms with E-state index in [0.29, 0.717) is 29.8 Å². The molecule has 2 N–H and O–H groups in total. The Kier molecular flexibility index (Phi) is 8.99. The Labute approximate surface area is 234 Å². The number of hydrazone groups is 1. The van der Waals surface area contributed by atoms with Crippen molar-refractivity contribution in [3.05, 3.63) is 81.0 Å². The molecule has 0 saturated carbocycles. The molecule has 1 fully saturated rings. The Morgan fingerprint density at radius 2 is 1.69 bits per heavy atom. The maximum absolute atomic E-state index is 13.0. The Morgan fingerprint density at radius 3 is 2.31 bits per heavy atom. The normalized spacial score (nSPS) is 15.2. The van der Waals surface area contributed by atoms with Crippen LogP contribution in [0.2, 0.25) is 0 Å². The van der Waals surface area contributed by atoms with Crippen molar-refractivity contribution in [1.82, 2.24) is 9.73 Å². The predicted molar refractivity (Wildman–Crippen MR) is 156 cm³/mol. The molecule has 0 unspecified atom stereocenters. The van der Waals surface area contributed by atoms with Crippen LogP contribution >= 0.6 is 11.3 Å². The van der Waals surface area contributed by atoms with Crippen molar-refractivity contribution < 1.29 is 18.0 Å². The summed E-state index contributed by atoms with van der Waals surface area (Å²) in [5, 5.41) is 9.01. The number of carbonyl (C=O) groups excluding carboxylic acids is 2. The molecule has 0 atom stereocenters. The third kappa shape index (κ3) is 6.81. The quantitative estimate of drug-likeness (QED) is 0.291. The molecule has 0 bridgehead atoms. The van der Waals surface area contributed by atoms with Crippen molar-refractivity contribution in [3.8, 4) is 0 Å². The molecule has 39 heavy (non-hydrogen) atoms. The van der Waals surface area contributed by atoms with E-state index in [1.807, 2.05) is 43.5 Å². The van der Waals surface area contributed by atoms with Crippen LogP contribution in [0.1, 0.15) is 58.6 Å². The zero-order chi connectivity index (χ0) is 28.2. The summed E-state index contributed by atoms with van der Waals surface area (Å²) >= 11 is 1.57. The van der Waals surface area contributed by atoms with Gasteiger partial charge in [-0.3, -0.25) is 9.59 Å². The van der Waals surface area contributed by atoms with Gasteiger partial charge in [-0.1, -0.05) is 25.1 Å². The lowest BCUT2D eigenvalue weighted by Gasteiger charge is -2.30. The van der Waals surface area contributed by atoms with Crippen molar-refractivity contribution in [2.24, 2.45) is 11.0 Å². The fraction of sp³-hybridized carbons (Fsp3) is 0.345. The number of hydrogen-bond acceptors (Lipinski definition) is 6. The van der Waals surface area contributed by atoms with Crippen molar-refractivity contribution in [2.75, 3.05) is 18.4 Å². The summed E-state index contributed by atoms with van der Waals surface area (Å²) < 4.78 is 27.6. The fourth-order valence-electron chi connectivity index (χ4n) is 4.36. The summed E-state index contributed by atoms with van der Waals surface area (Å²) in [5.74, 6) is -0.677.